The van der Waals surface area contributed by atoms with Crippen LogP contribution in [0.4, 0.5) is 24.7 Å². The van der Waals surface area contributed by atoms with Crippen LogP contribution in [0, 0.1) is 0 Å². The lowest BCUT2D eigenvalue weighted by Crippen LogP contribution is -2.42. The fourth-order valence-electron chi connectivity index (χ4n) is 3.38. The van der Waals surface area contributed by atoms with Crippen LogP contribution in [0.1, 0.15) is 29.0 Å². The minimum absolute atomic E-state index is 0.136. The molecule has 1 N–H and O–H groups in total. The topological polar surface area (TPSA) is 63.1 Å². The molecular weight excluding hydrogens is 498 g/mol. The molecule has 0 unspecified atom stereocenters. The number of aromatic nitrogens is 3. The molecule has 0 saturated carbocycles. The fraction of sp³-hybridized carbons (Fsp3) is 0.211. The Morgan fingerprint density at radius 2 is 1.93 bits per heavy atom. The Morgan fingerprint density at radius 1 is 1.21 bits per heavy atom. The highest BCUT2D eigenvalue weighted by molar-refractivity contribution is 14.1. The van der Waals surface area contributed by atoms with Crippen molar-refractivity contribution in [3.05, 3.63) is 60.0 Å². The molecule has 150 valence electrons. The Kier molecular flexibility index (Phi) is 4.97. The summed E-state index contributed by atoms with van der Waals surface area (Å²) in [5.74, 6) is 0.329. The van der Waals surface area contributed by atoms with Crippen molar-refractivity contribution in [2.24, 2.45) is 0 Å². The zero-order chi connectivity index (χ0) is 20.8. The quantitative estimate of drug-likeness (QED) is 0.398. The molecule has 0 aliphatic carbocycles. The number of hydrogen-bond donors (Lipinski definition) is 1. The number of halogens is 4. The molecular formula is C19H15F3IN5O. The minimum Gasteiger partial charge on any atom is -0.313 e. The van der Waals surface area contributed by atoms with Gasteiger partial charge in [-0.25, -0.2) is 4.98 Å². The van der Waals surface area contributed by atoms with E-state index in [1.165, 1.54) is 17.0 Å². The molecule has 1 amide bonds. The summed E-state index contributed by atoms with van der Waals surface area (Å²) in [5.41, 5.74) is 1.48. The molecule has 1 aliphatic heterocycles. The highest BCUT2D eigenvalue weighted by Gasteiger charge is 2.35. The molecule has 1 atom stereocenters. The van der Waals surface area contributed by atoms with Gasteiger partial charge in [-0.05, 0) is 48.9 Å². The molecule has 10 heteroatoms. The molecule has 0 spiro atoms. The number of pyridine rings is 1. The number of alkyl halides is 3. The summed E-state index contributed by atoms with van der Waals surface area (Å²) in [4.78, 5) is 18.9. The van der Waals surface area contributed by atoms with Crippen LogP contribution in [0.5, 0.6) is 0 Å². The zero-order valence-corrected chi connectivity index (χ0v) is 17.3. The number of amides is 1. The third-order valence-electron chi connectivity index (χ3n) is 4.78. The first kappa shape index (κ1) is 19.7. The van der Waals surface area contributed by atoms with Crippen LogP contribution in [0.3, 0.4) is 0 Å². The van der Waals surface area contributed by atoms with Gasteiger partial charge < -0.3 is 8.43 Å². The molecule has 2 aromatic heterocycles. The van der Waals surface area contributed by atoms with Gasteiger partial charge >= 0.3 is 6.18 Å². The van der Waals surface area contributed by atoms with E-state index in [1.54, 1.807) is 29.2 Å². The van der Waals surface area contributed by atoms with Gasteiger partial charge in [0.05, 0.1) is 40.7 Å². The first-order chi connectivity index (χ1) is 13.8. The number of hydrogen-bond acceptors (Lipinski definition) is 4. The van der Waals surface area contributed by atoms with Crippen LogP contribution in [-0.2, 0) is 6.18 Å². The number of nitrogens with one attached hydrogen (secondary N) is 1. The summed E-state index contributed by atoms with van der Waals surface area (Å²) < 4.78 is 43.2. The number of benzene rings is 1. The molecule has 3 heterocycles. The van der Waals surface area contributed by atoms with E-state index in [9.17, 15) is 18.0 Å². The highest BCUT2D eigenvalue weighted by Crippen LogP contribution is 2.35. The van der Waals surface area contributed by atoms with Gasteiger partial charge in [-0.2, -0.15) is 18.3 Å². The molecule has 4 rings (SSSR count). The van der Waals surface area contributed by atoms with Gasteiger partial charge in [0.15, 0.2) is 0 Å². The second-order valence-corrected chi connectivity index (χ2v) is 7.22. The Morgan fingerprint density at radius 3 is 2.59 bits per heavy atom. The maximum atomic E-state index is 13.3. The van der Waals surface area contributed by atoms with E-state index < -0.39 is 11.7 Å². The number of fused-ring (bicyclic) bond motifs is 1. The molecule has 3 aromatic rings. The lowest BCUT2D eigenvalue weighted by molar-refractivity contribution is -0.137. The summed E-state index contributed by atoms with van der Waals surface area (Å²) in [5, 5.41) is 4.37. The van der Waals surface area contributed by atoms with Crippen molar-refractivity contribution >= 4 is 40.3 Å². The van der Waals surface area contributed by atoms with Crippen LogP contribution >= 0.6 is 22.9 Å². The predicted molar refractivity (Wildman–Crippen MR) is 111 cm³/mol. The van der Waals surface area contributed by atoms with E-state index in [2.05, 4.69) is 13.6 Å². The second kappa shape index (κ2) is 7.32. The summed E-state index contributed by atoms with van der Waals surface area (Å²) in [6.45, 7) is 2.23. The monoisotopic (exact) mass is 513 g/mol. The molecule has 0 fully saturated rings. The number of nitrogens with zero attached hydrogens (tertiary/aromatic N) is 4. The van der Waals surface area contributed by atoms with Crippen LogP contribution in [0.15, 0.2) is 48.8 Å². The number of anilines is 2. The molecule has 0 saturated heterocycles. The number of carbonyl (C=O) groups excluding carboxylic acids is 1. The van der Waals surface area contributed by atoms with Gasteiger partial charge in [0.2, 0.25) is 0 Å². The predicted octanol–water partition coefficient (Wildman–Crippen LogP) is 4.95. The molecule has 0 radical (unpaired) electrons. The van der Waals surface area contributed by atoms with E-state index >= 15 is 0 Å². The van der Waals surface area contributed by atoms with Gasteiger partial charge in [0.1, 0.15) is 11.5 Å². The van der Waals surface area contributed by atoms with Crippen molar-refractivity contribution in [2.75, 3.05) is 15.0 Å². The van der Waals surface area contributed by atoms with E-state index in [0.29, 0.717) is 29.3 Å². The SMILES string of the molecule is C[C@H]1CN(c2ccc(C(F)(F)F)cc2)C(=O)c2c(-c3ccnc(NI)c3)cnn21. The van der Waals surface area contributed by atoms with Crippen molar-refractivity contribution in [1.29, 1.82) is 0 Å². The third kappa shape index (κ3) is 3.56. The Hall–Kier alpha value is -2.63. The standard InChI is InChI=1S/C19H15F3IN5O/c1-11-10-27(14-4-2-13(3-5-14)19(20,21)22)18(29)17-15(9-25-28(11)17)12-6-7-24-16(8-12)26-23/h2-9,11H,10H2,1H3,(H,24,26)/t11-/m0/s1. The van der Waals surface area contributed by atoms with Crippen molar-refractivity contribution in [3.63, 3.8) is 0 Å². The smallest absolute Gasteiger partial charge is 0.313 e. The molecule has 0 bridgehead atoms. The van der Waals surface area contributed by atoms with Crippen LogP contribution in [0.2, 0.25) is 0 Å². The summed E-state index contributed by atoms with van der Waals surface area (Å²) >= 11 is 1.97. The van der Waals surface area contributed by atoms with Gasteiger partial charge in [-0.1, -0.05) is 0 Å². The average Bonchev–Trinajstić information content (AvgIpc) is 3.16. The van der Waals surface area contributed by atoms with Crippen molar-refractivity contribution in [1.82, 2.24) is 14.8 Å². The molecule has 1 aliphatic rings. The minimum atomic E-state index is -4.42. The zero-order valence-electron chi connectivity index (χ0n) is 15.1. The third-order valence-corrected chi connectivity index (χ3v) is 5.33. The maximum absolute atomic E-state index is 13.3. The number of carbonyl (C=O) groups is 1. The molecule has 1 aromatic carbocycles. The Balaban J connectivity index is 1.74. The summed E-state index contributed by atoms with van der Waals surface area (Å²) in [6.07, 6.45) is -1.16. The van der Waals surface area contributed by atoms with E-state index in [0.717, 1.165) is 17.7 Å². The van der Waals surface area contributed by atoms with Crippen LogP contribution in [-0.4, -0.2) is 27.2 Å². The van der Waals surface area contributed by atoms with Crippen molar-refractivity contribution in [2.45, 2.75) is 19.1 Å². The highest BCUT2D eigenvalue weighted by atomic mass is 127. The largest absolute Gasteiger partial charge is 0.416 e. The van der Waals surface area contributed by atoms with E-state index in [-0.39, 0.29) is 11.9 Å². The van der Waals surface area contributed by atoms with Gasteiger partial charge in [-0.15, -0.1) is 0 Å². The fourth-order valence-corrected chi connectivity index (χ4v) is 3.67. The average molecular weight is 513 g/mol. The first-order valence-corrected chi connectivity index (χ1v) is 9.77. The number of rotatable bonds is 3. The van der Waals surface area contributed by atoms with Gasteiger partial charge in [-0.3, -0.25) is 9.48 Å². The summed E-state index contributed by atoms with van der Waals surface area (Å²) in [7, 11) is 0. The molecule has 29 heavy (non-hydrogen) atoms. The summed E-state index contributed by atoms with van der Waals surface area (Å²) in [6, 6.07) is 8.07. The van der Waals surface area contributed by atoms with E-state index in [1.807, 2.05) is 29.8 Å². The van der Waals surface area contributed by atoms with Crippen LogP contribution < -0.4 is 8.43 Å². The van der Waals surface area contributed by atoms with Crippen molar-refractivity contribution < 1.29 is 18.0 Å². The Bertz CT molecular complexity index is 1060. The first-order valence-electron chi connectivity index (χ1n) is 8.69. The van der Waals surface area contributed by atoms with Crippen molar-refractivity contribution in [3.8, 4) is 11.1 Å². The Labute approximate surface area is 178 Å². The van der Waals surface area contributed by atoms with Gasteiger partial charge in [0.25, 0.3) is 5.91 Å². The second-order valence-electron chi connectivity index (χ2n) is 6.69. The lowest BCUT2D eigenvalue weighted by atomic mass is 10.0. The van der Waals surface area contributed by atoms with Gasteiger partial charge in [0, 0.05) is 24.0 Å². The normalized spacial score (nSPS) is 16.7. The van der Waals surface area contributed by atoms with E-state index in [4.69, 9.17) is 0 Å². The van der Waals surface area contributed by atoms with Crippen LogP contribution in [0.25, 0.3) is 11.1 Å². The lowest BCUT2D eigenvalue weighted by Gasteiger charge is -2.32. The maximum Gasteiger partial charge on any atom is 0.416 e. The molecule has 6 nitrogen and oxygen atoms in total.